The summed E-state index contributed by atoms with van der Waals surface area (Å²) in [6.07, 6.45) is 1.42. The second-order valence-corrected chi connectivity index (χ2v) is 5.80. The molecule has 0 aliphatic carbocycles. The standard InChI is InChI=1S/C15H22N4O/c1-9(2)7-19(10(3)4)14-6-13-11(5-12(14)16)15(20)18-8-17-13/h5-6,8-10H,7,16H2,1-4H3,(H,17,18,20). The molecule has 0 saturated heterocycles. The zero-order valence-electron chi connectivity index (χ0n) is 12.5. The van der Waals surface area contributed by atoms with Gasteiger partial charge >= 0.3 is 0 Å². The highest BCUT2D eigenvalue weighted by Gasteiger charge is 2.16. The number of hydrogen-bond acceptors (Lipinski definition) is 4. The summed E-state index contributed by atoms with van der Waals surface area (Å²) < 4.78 is 0. The molecule has 0 bridgehead atoms. The third kappa shape index (κ3) is 2.76. The molecule has 5 nitrogen and oxygen atoms in total. The molecule has 0 fully saturated rings. The van der Waals surface area contributed by atoms with E-state index in [-0.39, 0.29) is 5.56 Å². The molecule has 1 aromatic carbocycles. The van der Waals surface area contributed by atoms with Gasteiger partial charge in [0.1, 0.15) is 0 Å². The molecule has 0 amide bonds. The van der Waals surface area contributed by atoms with Gasteiger partial charge in [0.2, 0.25) is 0 Å². The second kappa shape index (κ2) is 5.53. The monoisotopic (exact) mass is 274 g/mol. The molecule has 2 aromatic rings. The van der Waals surface area contributed by atoms with E-state index < -0.39 is 0 Å². The summed E-state index contributed by atoms with van der Waals surface area (Å²) in [6.45, 7) is 9.54. The molecule has 0 radical (unpaired) electrons. The van der Waals surface area contributed by atoms with E-state index in [1.54, 1.807) is 6.07 Å². The first kappa shape index (κ1) is 14.4. The molecule has 0 spiro atoms. The SMILES string of the molecule is CC(C)CN(c1cc2nc[nH]c(=O)c2cc1N)C(C)C. The number of nitrogens with one attached hydrogen (secondary N) is 1. The predicted molar refractivity (Wildman–Crippen MR) is 84.1 cm³/mol. The maximum absolute atomic E-state index is 11.8. The van der Waals surface area contributed by atoms with Gasteiger partial charge < -0.3 is 15.6 Å². The minimum absolute atomic E-state index is 0.159. The summed E-state index contributed by atoms with van der Waals surface area (Å²) in [5.41, 5.74) is 8.22. The summed E-state index contributed by atoms with van der Waals surface area (Å²) in [7, 11) is 0. The van der Waals surface area contributed by atoms with Crippen LogP contribution in [0.15, 0.2) is 23.3 Å². The van der Waals surface area contributed by atoms with Crippen molar-refractivity contribution in [2.75, 3.05) is 17.2 Å². The van der Waals surface area contributed by atoms with Crippen molar-refractivity contribution in [3.63, 3.8) is 0 Å². The van der Waals surface area contributed by atoms with Crippen LogP contribution in [0.4, 0.5) is 11.4 Å². The molecular weight excluding hydrogens is 252 g/mol. The number of rotatable bonds is 4. The lowest BCUT2D eigenvalue weighted by Gasteiger charge is -2.31. The molecule has 1 aromatic heterocycles. The van der Waals surface area contributed by atoms with Gasteiger partial charge in [0.25, 0.3) is 5.56 Å². The number of anilines is 2. The van der Waals surface area contributed by atoms with E-state index in [0.717, 1.165) is 12.2 Å². The lowest BCUT2D eigenvalue weighted by atomic mass is 10.1. The van der Waals surface area contributed by atoms with E-state index in [2.05, 4.69) is 42.6 Å². The van der Waals surface area contributed by atoms with Crippen LogP contribution in [-0.4, -0.2) is 22.6 Å². The van der Waals surface area contributed by atoms with Gasteiger partial charge in [-0.15, -0.1) is 0 Å². The highest BCUT2D eigenvalue weighted by atomic mass is 16.1. The zero-order chi connectivity index (χ0) is 14.9. The van der Waals surface area contributed by atoms with E-state index in [1.807, 2.05) is 6.07 Å². The van der Waals surface area contributed by atoms with Crippen LogP contribution in [0.25, 0.3) is 10.9 Å². The van der Waals surface area contributed by atoms with Crippen LogP contribution in [0.5, 0.6) is 0 Å². The Hall–Kier alpha value is -2.04. The number of nitrogens with two attached hydrogens (primary N) is 1. The third-order valence-electron chi connectivity index (χ3n) is 3.28. The van der Waals surface area contributed by atoms with Crippen LogP contribution in [0.1, 0.15) is 27.7 Å². The molecule has 5 heteroatoms. The van der Waals surface area contributed by atoms with E-state index in [0.29, 0.717) is 28.6 Å². The van der Waals surface area contributed by atoms with Crippen LogP contribution in [0.2, 0.25) is 0 Å². The summed E-state index contributed by atoms with van der Waals surface area (Å²) >= 11 is 0. The Bertz CT molecular complexity index is 660. The van der Waals surface area contributed by atoms with Gasteiger partial charge in [0.05, 0.1) is 28.6 Å². The molecular formula is C15H22N4O. The van der Waals surface area contributed by atoms with Gasteiger partial charge in [-0.25, -0.2) is 4.98 Å². The van der Waals surface area contributed by atoms with Crippen LogP contribution < -0.4 is 16.2 Å². The first-order valence-corrected chi connectivity index (χ1v) is 6.93. The molecule has 0 atom stereocenters. The Morgan fingerprint density at radius 3 is 2.60 bits per heavy atom. The largest absolute Gasteiger partial charge is 0.397 e. The topological polar surface area (TPSA) is 75.0 Å². The average molecular weight is 274 g/mol. The van der Waals surface area contributed by atoms with Crippen molar-refractivity contribution in [1.29, 1.82) is 0 Å². The minimum atomic E-state index is -0.159. The van der Waals surface area contributed by atoms with Crippen molar-refractivity contribution in [3.05, 3.63) is 28.8 Å². The fourth-order valence-electron chi connectivity index (χ4n) is 2.35. The Labute approximate surface area is 118 Å². The fraction of sp³-hybridized carbons (Fsp3) is 0.467. The first-order chi connectivity index (χ1) is 9.40. The zero-order valence-corrected chi connectivity index (χ0v) is 12.5. The molecule has 0 aliphatic rings. The highest BCUT2D eigenvalue weighted by molar-refractivity contribution is 5.88. The maximum Gasteiger partial charge on any atom is 0.258 e. The Morgan fingerprint density at radius 1 is 1.30 bits per heavy atom. The van der Waals surface area contributed by atoms with E-state index in [4.69, 9.17) is 5.73 Å². The molecule has 0 saturated carbocycles. The lowest BCUT2D eigenvalue weighted by molar-refractivity contribution is 0.572. The number of aromatic amines is 1. The average Bonchev–Trinajstić information content (AvgIpc) is 2.36. The number of nitrogen functional groups attached to an aromatic ring is 1. The number of benzene rings is 1. The Balaban J connectivity index is 2.58. The smallest absolute Gasteiger partial charge is 0.258 e. The van der Waals surface area contributed by atoms with Gasteiger partial charge in [-0.2, -0.15) is 0 Å². The van der Waals surface area contributed by atoms with Crippen molar-refractivity contribution in [3.8, 4) is 0 Å². The molecule has 1 heterocycles. The molecule has 2 rings (SSSR count). The van der Waals surface area contributed by atoms with Crippen molar-refractivity contribution in [2.45, 2.75) is 33.7 Å². The van der Waals surface area contributed by atoms with Gasteiger partial charge in [0.15, 0.2) is 0 Å². The van der Waals surface area contributed by atoms with Crippen molar-refractivity contribution in [2.24, 2.45) is 5.92 Å². The summed E-state index contributed by atoms with van der Waals surface area (Å²) in [5, 5.41) is 0.530. The number of H-pyrrole nitrogens is 1. The van der Waals surface area contributed by atoms with Crippen molar-refractivity contribution in [1.82, 2.24) is 9.97 Å². The quantitative estimate of drug-likeness (QED) is 0.839. The van der Waals surface area contributed by atoms with Gasteiger partial charge in [-0.1, -0.05) is 13.8 Å². The molecule has 0 aliphatic heterocycles. The van der Waals surface area contributed by atoms with Crippen LogP contribution in [0, 0.1) is 5.92 Å². The third-order valence-corrected chi connectivity index (χ3v) is 3.28. The van der Waals surface area contributed by atoms with Crippen LogP contribution in [-0.2, 0) is 0 Å². The molecule has 20 heavy (non-hydrogen) atoms. The number of nitrogens with zero attached hydrogens (tertiary/aromatic N) is 2. The summed E-state index contributed by atoms with van der Waals surface area (Å²) in [5.74, 6) is 0.527. The number of aromatic nitrogens is 2. The van der Waals surface area contributed by atoms with Crippen molar-refractivity contribution < 1.29 is 0 Å². The van der Waals surface area contributed by atoms with Gasteiger partial charge in [-0.3, -0.25) is 4.79 Å². The fourth-order valence-corrected chi connectivity index (χ4v) is 2.35. The predicted octanol–water partition coefficient (Wildman–Crippen LogP) is 2.38. The molecule has 108 valence electrons. The van der Waals surface area contributed by atoms with E-state index in [9.17, 15) is 4.79 Å². The molecule has 3 N–H and O–H groups in total. The van der Waals surface area contributed by atoms with Gasteiger partial charge in [0, 0.05) is 12.6 Å². The van der Waals surface area contributed by atoms with Crippen LogP contribution >= 0.6 is 0 Å². The minimum Gasteiger partial charge on any atom is -0.397 e. The second-order valence-electron chi connectivity index (χ2n) is 5.80. The van der Waals surface area contributed by atoms with Gasteiger partial charge in [-0.05, 0) is 31.9 Å². The lowest BCUT2D eigenvalue weighted by Crippen LogP contribution is -2.34. The molecule has 0 unspecified atom stereocenters. The van der Waals surface area contributed by atoms with E-state index in [1.165, 1.54) is 6.33 Å². The van der Waals surface area contributed by atoms with Crippen molar-refractivity contribution >= 4 is 22.3 Å². The van der Waals surface area contributed by atoms with Crippen LogP contribution in [0.3, 0.4) is 0 Å². The Kier molecular flexibility index (Phi) is 3.97. The normalized spacial score (nSPS) is 11.5. The Morgan fingerprint density at radius 2 is 2.00 bits per heavy atom. The maximum atomic E-state index is 11.8. The summed E-state index contributed by atoms with van der Waals surface area (Å²) in [4.78, 5) is 20.8. The highest BCUT2D eigenvalue weighted by Crippen LogP contribution is 2.29. The summed E-state index contributed by atoms with van der Waals surface area (Å²) in [6, 6.07) is 3.95. The van der Waals surface area contributed by atoms with E-state index >= 15 is 0 Å². The number of hydrogen-bond donors (Lipinski definition) is 2. The first-order valence-electron chi connectivity index (χ1n) is 6.93. The number of fused-ring (bicyclic) bond motifs is 1.